The first kappa shape index (κ1) is 20.5. The number of carboxylic acids is 1. The second kappa shape index (κ2) is 9.79. The smallest absolute Gasteiger partial charge is 0.213 e. The first-order valence-electron chi connectivity index (χ1n) is 8.96. The van der Waals surface area contributed by atoms with Crippen LogP contribution >= 0.6 is 11.8 Å². The summed E-state index contributed by atoms with van der Waals surface area (Å²) in [6.45, 7) is 2.33. The van der Waals surface area contributed by atoms with E-state index in [1.165, 1.54) is 13.2 Å². The van der Waals surface area contributed by atoms with Crippen molar-refractivity contribution in [1.82, 2.24) is 15.2 Å². The predicted molar refractivity (Wildman–Crippen MR) is 108 cm³/mol. The molecule has 0 unspecified atom stereocenters. The maximum atomic E-state index is 11.5. The molecule has 3 aromatic rings. The minimum Gasteiger partial charge on any atom is -0.544 e. The van der Waals surface area contributed by atoms with Gasteiger partial charge in [0.05, 0.1) is 13.1 Å². The number of aliphatic carboxylic acids is 1. The van der Waals surface area contributed by atoms with Crippen LogP contribution in [0.4, 0.5) is 0 Å². The standard InChI is InChI=1S/C21H21N3O4S/c1-3-19-22-21(24-23-19)29-18(20(25)26)12-15-9-10-16(17(11-15)27-2)28-13-14-7-5-4-6-8-14/h4-12H,3,13H2,1-2H3,(H,25,26)(H,22,23,24)/p-1/b18-12-. The van der Waals surface area contributed by atoms with E-state index in [9.17, 15) is 9.90 Å². The van der Waals surface area contributed by atoms with Gasteiger partial charge in [0.15, 0.2) is 11.5 Å². The number of carboxylic acid groups (broad SMARTS) is 1. The fourth-order valence-electron chi connectivity index (χ4n) is 2.49. The third-order valence-corrected chi connectivity index (χ3v) is 4.84. The van der Waals surface area contributed by atoms with Crippen molar-refractivity contribution in [2.24, 2.45) is 0 Å². The third-order valence-electron chi connectivity index (χ3n) is 3.97. The highest BCUT2D eigenvalue weighted by molar-refractivity contribution is 8.04. The molecule has 2 aromatic carbocycles. The molecular formula is C21H20N3O4S-. The molecule has 29 heavy (non-hydrogen) atoms. The maximum absolute atomic E-state index is 11.5. The van der Waals surface area contributed by atoms with E-state index >= 15 is 0 Å². The first-order valence-corrected chi connectivity index (χ1v) is 9.77. The summed E-state index contributed by atoms with van der Waals surface area (Å²) in [5.41, 5.74) is 1.67. The SMILES string of the molecule is CCc1nc(S/C(=C\c2ccc(OCc3ccccc3)c(OC)c2)C(=O)[O-])n[nH]1. The summed E-state index contributed by atoms with van der Waals surface area (Å²) in [5, 5.41) is 18.6. The van der Waals surface area contributed by atoms with Gasteiger partial charge in [-0.05, 0) is 41.1 Å². The Bertz CT molecular complexity index is 1000. The minimum atomic E-state index is -1.30. The number of carbonyl (C=O) groups excluding carboxylic acids is 1. The Labute approximate surface area is 172 Å². The number of ether oxygens (including phenoxy) is 2. The van der Waals surface area contributed by atoms with Crippen LogP contribution in [-0.4, -0.2) is 28.3 Å². The predicted octanol–water partition coefficient (Wildman–Crippen LogP) is 2.84. The molecule has 0 saturated heterocycles. The number of nitrogens with zero attached hydrogens (tertiary/aromatic N) is 2. The number of thioether (sulfide) groups is 1. The van der Waals surface area contributed by atoms with Crippen LogP contribution in [0.15, 0.2) is 58.6 Å². The van der Waals surface area contributed by atoms with Gasteiger partial charge in [-0.3, -0.25) is 5.10 Å². The Morgan fingerprint density at radius 3 is 2.66 bits per heavy atom. The minimum absolute atomic E-state index is 0.00772. The first-order chi connectivity index (χ1) is 14.1. The highest BCUT2D eigenvalue weighted by Crippen LogP contribution is 2.31. The number of methoxy groups -OCH3 is 1. The lowest BCUT2D eigenvalue weighted by atomic mass is 10.2. The highest BCUT2D eigenvalue weighted by Gasteiger charge is 2.10. The van der Waals surface area contributed by atoms with Gasteiger partial charge in [-0.15, -0.1) is 5.10 Å². The lowest BCUT2D eigenvalue weighted by Crippen LogP contribution is -2.23. The fourth-order valence-corrected chi connectivity index (χ4v) is 3.21. The van der Waals surface area contributed by atoms with E-state index in [1.54, 1.807) is 18.2 Å². The Morgan fingerprint density at radius 2 is 2.00 bits per heavy atom. The molecular weight excluding hydrogens is 390 g/mol. The van der Waals surface area contributed by atoms with Gasteiger partial charge in [-0.25, -0.2) is 4.98 Å². The number of aromatic nitrogens is 3. The maximum Gasteiger partial charge on any atom is 0.213 e. The van der Waals surface area contributed by atoms with E-state index < -0.39 is 5.97 Å². The quantitative estimate of drug-likeness (QED) is 0.428. The van der Waals surface area contributed by atoms with Crippen LogP contribution in [0.1, 0.15) is 23.9 Å². The number of rotatable bonds is 9. The van der Waals surface area contributed by atoms with Crippen molar-refractivity contribution in [3.63, 3.8) is 0 Å². The monoisotopic (exact) mass is 410 g/mol. The molecule has 1 N–H and O–H groups in total. The fraction of sp³-hybridized carbons (Fsp3) is 0.190. The molecule has 0 amide bonds. The van der Waals surface area contributed by atoms with Crippen molar-refractivity contribution < 1.29 is 19.4 Å². The van der Waals surface area contributed by atoms with Gasteiger partial charge in [-0.2, -0.15) is 0 Å². The van der Waals surface area contributed by atoms with Gasteiger partial charge in [0.2, 0.25) is 5.16 Å². The lowest BCUT2D eigenvalue weighted by molar-refractivity contribution is -0.298. The van der Waals surface area contributed by atoms with E-state index in [0.717, 1.165) is 17.3 Å². The molecule has 0 aliphatic heterocycles. The van der Waals surface area contributed by atoms with Crippen molar-refractivity contribution in [3.8, 4) is 11.5 Å². The molecule has 0 aliphatic carbocycles. The summed E-state index contributed by atoms with van der Waals surface area (Å²) in [7, 11) is 1.53. The molecule has 0 aliphatic rings. The average molecular weight is 410 g/mol. The van der Waals surface area contributed by atoms with E-state index in [4.69, 9.17) is 9.47 Å². The van der Waals surface area contributed by atoms with E-state index in [1.807, 2.05) is 37.3 Å². The zero-order valence-electron chi connectivity index (χ0n) is 16.0. The molecule has 0 atom stereocenters. The van der Waals surface area contributed by atoms with Crippen molar-refractivity contribution in [3.05, 3.63) is 70.4 Å². The topological polar surface area (TPSA) is 100 Å². The number of nitrogens with one attached hydrogen (secondary N) is 1. The summed E-state index contributed by atoms with van der Waals surface area (Å²) in [4.78, 5) is 15.7. The number of H-pyrrole nitrogens is 1. The number of aromatic amines is 1. The number of hydrogen-bond donors (Lipinski definition) is 1. The van der Waals surface area contributed by atoms with Gasteiger partial charge in [0.1, 0.15) is 12.4 Å². The number of hydrogen-bond acceptors (Lipinski definition) is 7. The van der Waals surface area contributed by atoms with Crippen molar-refractivity contribution in [1.29, 1.82) is 0 Å². The molecule has 0 spiro atoms. The van der Waals surface area contributed by atoms with E-state index in [2.05, 4.69) is 15.2 Å². The van der Waals surface area contributed by atoms with Gasteiger partial charge < -0.3 is 19.4 Å². The van der Waals surface area contributed by atoms with Gasteiger partial charge in [0.25, 0.3) is 0 Å². The molecule has 8 heteroatoms. The summed E-state index contributed by atoms with van der Waals surface area (Å²) in [6.07, 6.45) is 2.17. The number of carbonyl (C=O) groups is 1. The van der Waals surface area contributed by atoms with Crippen LogP contribution in [0.2, 0.25) is 0 Å². The summed E-state index contributed by atoms with van der Waals surface area (Å²) >= 11 is 0.927. The molecule has 3 rings (SSSR count). The number of aryl methyl sites for hydroxylation is 1. The van der Waals surface area contributed by atoms with Gasteiger partial charge in [0, 0.05) is 11.3 Å². The molecule has 0 fully saturated rings. The molecule has 0 radical (unpaired) electrons. The average Bonchev–Trinajstić information content (AvgIpc) is 3.20. The van der Waals surface area contributed by atoms with Crippen LogP contribution < -0.4 is 14.6 Å². The van der Waals surface area contributed by atoms with Crippen molar-refractivity contribution in [2.45, 2.75) is 25.1 Å². The molecule has 150 valence electrons. The highest BCUT2D eigenvalue weighted by atomic mass is 32.2. The van der Waals surface area contributed by atoms with E-state index in [0.29, 0.717) is 41.1 Å². The van der Waals surface area contributed by atoms with Crippen molar-refractivity contribution >= 4 is 23.8 Å². The molecule has 1 heterocycles. The molecule has 0 bridgehead atoms. The van der Waals surface area contributed by atoms with Crippen LogP contribution in [0.3, 0.4) is 0 Å². The Balaban J connectivity index is 1.78. The van der Waals surface area contributed by atoms with Gasteiger partial charge >= 0.3 is 0 Å². The number of benzene rings is 2. The summed E-state index contributed by atoms with van der Waals surface area (Å²) in [5.74, 6) is 0.453. The van der Waals surface area contributed by atoms with Crippen LogP contribution in [0.5, 0.6) is 11.5 Å². The van der Waals surface area contributed by atoms with Gasteiger partial charge in [-0.1, -0.05) is 43.3 Å². The lowest BCUT2D eigenvalue weighted by Gasteiger charge is -2.12. The molecule has 7 nitrogen and oxygen atoms in total. The van der Waals surface area contributed by atoms with Crippen molar-refractivity contribution in [2.75, 3.05) is 7.11 Å². The molecule has 0 saturated carbocycles. The van der Waals surface area contributed by atoms with Crippen LogP contribution in [0.25, 0.3) is 6.08 Å². The second-order valence-corrected chi connectivity index (χ2v) is 7.01. The Hall–Kier alpha value is -3.26. The van der Waals surface area contributed by atoms with E-state index in [-0.39, 0.29) is 4.91 Å². The second-order valence-electron chi connectivity index (χ2n) is 6.00. The summed E-state index contributed by atoms with van der Waals surface area (Å²) < 4.78 is 11.2. The Kier molecular flexibility index (Phi) is 6.91. The normalized spacial score (nSPS) is 11.3. The summed E-state index contributed by atoms with van der Waals surface area (Å²) in [6, 6.07) is 15.0. The third kappa shape index (κ3) is 5.61. The zero-order valence-corrected chi connectivity index (χ0v) is 16.9. The molecule has 1 aromatic heterocycles. The zero-order chi connectivity index (χ0) is 20.6. The largest absolute Gasteiger partial charge is 0.544 e. The Morgan fingerprint density at radius 1 is 1.21 bits per heavy atom. The van der Waals surface area contributed by atoms with Crippen LogP contribution in [-0.2, 0) is 17.8 Å². The van der Waals surface area contributed by atoms with Crippen LogP contribution in [0, 0.1) is 0 Å².